The van der Waals surface area contributed by atoms with Gasteiger partial charge in [-0.05, 0) is 18.2 Å². The molecule has 2 rings (SSSR count). The minimum Gasteiger partial charge on any atom is -0.497 e. The van der Waals surface area contributed by atoms with Gasteiger partial charge in [-0.25, -0.2) is 0 Å². The van der Waals surface area contributed by atoms with E-state index in [2.05, 4.69) is 20.6 Å². The van der Waals surface area contributed by atoms with Gasteiger partial charge in [-0.3, -0.25) is 10.1 Å². The Labute approximate surface area is 116 Å². The number of aromatic nitrogens is 2. The van der Waals surface area contributed by atoms with Crippen molar-refractivity contribution in [3.8, 4) is 5.75 Å². The van der Waals surface area contributed by atoms with Crippen LogP contribution in [0.2, 0.25) is 0 Å². The van der Waals surface area contributed by atoms with E-state index in [1.165, 1.54) is 7.11 Å². The fraction of sp³-hybridized carbons (Fsp3) is 0.154. The first-order valence-electron chi connectivity index (χ1n) is 5.90. The zero-order chi connectivity index (χ0) is 14.5. The molecule has 0 radical (unpaired) electrons. The number of carbonyl (C=O) groups excluding carboxylic acids is 1. The van der Waals surface area contributed by atoms with Crippen LogP contribution in [0.3, 0.4) is 0 Å². The number of amides is 1. The van der Waals surface area contributed by atoms with Crippen molar-refractivity contribution < 1.29 is 9.53 Å². The monoisotopic (exact) mass is 273 g/mol. The summed E-state index contributed by atoms with van der Waals surface area (Å²) >= 11 is 0. The standard InChI is InChI=1S/C13H15N5O2/c1-15-11-7-10(14)16-13(17-11)18-12(19)8-4-3-5-9(6-8)20-2/h3-7H,1-2H3,(H4,14,15,16,17,18,19). The molecule has 1 amide bonds. The normalized spacial score (nSPS) is 9.90. The van der Waals surface area contributed by atoms with E-state index in [0.29, 0.717) is 17.1 Å². The molecule has 0 bridgehead atoms. The SMILES string of the molecule is CNc1cc(N)nc(NC(=O)c2cccc(OC)c2)n1. The van der Waals surface area contributed by atoms with Crippen LogP contribution >= 0.6 is 0 Å². The number of rotatable bonds is 4. The van der Waals surface area contributed by atoms with E-state index in [1.807, 2.05) is 0 Å². The Bertz CT molecular complexity index is 630. The molecule has 1 aromatic carbocycles. The number of carbonyl (C=O) groups is 1. The summed E-state index contributed by atoms with van der Waals surface area (Å²) in [5.74, 6) is 1.20. The lowest BCUT2D eigenvalue weighted by molar-refractivity contribution is 0.102. The Morgan fingerprint density at radius 1 is 1.30 bits per heavy atom. The van der Waals surface area contributed by atoms with E-state index < -0.39 is 0 Å². The van der Waals surface area contributed by atoms with E-state index in [-0.39, 0.29) is 17.7 Å². The van der Waals surface area contributed by atoms with Crippen LogP contribution < -0.4 is 21.1 Å². The number of nitrogen functional groups attached to an aromatic ring is 1. The second kappa shape index (κ2) is 5.87. The van der Waals surface area contributed by atoms with Crippen LogP contribution in [0.5, 0.6) is 5.75 Å². The fourth-order valence-corrected chi connectivity index (χ4v) is 1.59. The molecule has 0 unspecified atom stereocenters. The van der Waals surface area contributed by atoms with Gasteiger partial charge in [0.1, 0.15) is 17.4 Å². The third kappa shape index (κ3) is 3.14. The van der Waals surface area contributed by atoms with Crippen molar-refractivity contribution in [1.82, 2.24) is 9.97 Å². The van der Waals surface area contributed by atoms with E-state index in [1.54, 1.807) is 37.4 Å². The molecule has 2 aromatic rings. The molecule has 0 saturated heterocycles. The quantitative estimate of drug-likeness (QED) is 0.777. The maximum Gasteiger partial charge on any atom is 0.258 e. The van der Waals surface area contributed by atoms with Crippen LogP contribution in [0.15, 0.2) is 30.3 Å². The summed E-state index contributed by atoms with van der Waals surface area (Å²) in [5, 5.41) is 5.43. The molecule has 4 N–H and O–H groups in total. The minimum absolute atomic E-state index is 0.141. The van der Waals surface area contributed by atoms with Crippen LogP contribution in [0.1, 0.15) is 10.4 Å². The molecular formula is C13H15N5O2. The highest BCUT2D eigenvalue weighted by molar-refractivity contribution is 6.03. The van der Waals surface area contributed by atoms with Gasteiger partial charge >= 0.3 is 0 Å². The largest absolute Gasteiger partial charge is 0.497 e. The molecular weight excluding hydrogens is 258 g/mol. The summed E-state index contributed by atoms with van der Waals surface area (Å²) in [6.07, 6.45) is 0. The number of methoxy groups -OCH3 is 1. The van der Waals surface area contributed by atoms with Crippen LogP contribution in [0.4, 0.5) is 17.6 Å². The van der Waals surface area contributed by atoms with Gasteiger partial charge in [0.05, 0.1) is 7.11 Å². The summed E-state index contributed by atoms with van der Waals surface area (Å²) in [7, 11) is 3.24. The molecule has 20 heavy (non-hydrogen) atoms. The van der Waals surface area contributed by atoms with Crippen molar-refractivity contribution in [3.05, 3.63) is 35.9 Å². The minimum atomic E-state index is -0.337. The van der Waals surface area contributed by atoms with Crippen LogP contribution in [0, 0.1) is 0 Å². The summed E-state index contributed by atoms with van der Waals surface area (Å²) in [5.41, 5.74) is 6.08. The Morgan fingerprint density at radius 3 is 2.80 bits per heavy atom. The van der Waals surface area contributed by atoms with E-state index in [4.69, 9.17) is 10.5 Å². The Hall–Kier alpha value is -2.83. The maximum atomic E-state index is 12.1. The molecule has 0 aliphatic heterocycles. The number of anilines is 3. The molecule has 0 saturated carbocycles. The molecule has 0 aliphatic rings. The molecule has 104 valence electrons. The van der Waals surface area contributed by atoms with E-state index >= 15 is 0 Å². The first kappa shape index (κ1) is 13.6. The van der Waals surface area contributed by atoms with E-state index in [0.717, 1.165) is 0 Å². The smallest absolute Gasteiger partial charge is 0.258 e. The third-order valence-electron chi connectivity index (χ3n) is 2.56. The molecule has 7 heteroatoms. The number of nitrogens with zero attached hydrogens (tertiary/aromatic N) is 2. The number of hydrogen-bond acceptors (Lipinski definition) is 6. The van der Waals surface area contributed by atoms with Crippen molar-refractivity contribution >= 4 is 23.5 Å². The second-order valence-electron chi connectivity index (χ2n) is 3.94. The number of ether oxygens (including phenoxy) is 1. The van der Waals surface area contributed by atoms with E-state index in [9.17, 15) is 4.79 Å². The highest BCUT2D eigenvalue weighted by Crippen LogP contribution is 2.15. The lowest BCUT2D eigenvalue weighted by Gasteiger charge is -2.07. The van der Waals surface area contributed by atoms with Crippen LogP contribution in [-0.4, -0.2) is 30.0 Å². The van der Waals surface area contributed by atoms with Gasteiger partial charge in [-0.15, -0.1) is 0 Å². The molecule has 1 heterocycles. The Balaban J connectivity index is 2.20. The van der Waals surface area contributed by atoms with Gasteiger partial charge in [-0.2, -0.15) is 9.97 Å². The lowest BCUT2D eigenvalue weighted by atomic mass is 10.2. The van der Waals surface area contributed by atoms with Crippen molar-refractivity contribution in [2.24, 2.45) is 0 Å². The zero-order valence-corrected chi connectivity index (χ0v) is 11.2. The van der Waals surface area contributed by atoms with Crippen molar-refractivity contribution in [3.63, 3.8) is 0 Å². The lowest BCUT2D eigenvalue weighted by Crippen LogP contribution is -2.15. The van der Waals surface area contributed by atoms with Crippen molar-refractivity contribution in [1.29, 1.82) is 0 Å². The summed E-state index contributed by atoms with van der Waals surface area (Å²) < 4.78 is 5.07. The number of benzene rings is 1. The third-order valence-corrected chi connectivity index (χ3v) is 2.56. The first-order chi connectivity index (χ1) is 9.62. The molecule has 0 fully saturated rings. The summed E-state index contributed by atoms with van der Waals surface area (Å²) in [4.78, 5) is 20.1. The van der Waals surface area contributed by atoms with Crippen molar-refractivity contribution in [2.75, 3.05) is 30.5 Å². The number of nitrogens with one attached hydrogen (secondary N) is 2. The topological polar surface area (TPSA) is 102 Å². The Kier molecular flexibility index (Phi) is 3.99. The van der Waals surface area contributed by atoms with Gasteiger partial charge in [0.25, 0.3) is 5.91 Å². The number of nitrogens with two attached hydrogens (primary N) is 1. The Morgan fingerprint density at radius 2 is 2.10 bits per heavy atom. The molecule has 0 atom stereocenters. The van der Waals surface area contributed by atoms with Crippen molar-refractivity contribution in [2.45, 2.75) is 0 Å². The first-order valence-corrected chi connectivity index (χ1v) is 5.90. The predicted octanol–water partition coefficient (Wildman–Crippen LogP) is 1.36. The van der Waals surface area contributed by atoms with Gasteiger partial charge < -0.3 is 15.8 Å². The average Bonchev–Trinajstić information content (AvgIpc) is 2.46. The van der Waals surface area contributed by atoms with Gasteiger partial charge in [0, 0.05) is 18.7 Å². The maximum absolute atomic E-state index is 12.1. The molecule has 0 spiro atoms. The van der Waals surface area contributed by atoms with Gasteiger partial charge in [-0.1, -0.05) is 6.07 Å². The fourth-order valence-electron chi connectivity index (χ4n) is 1.59. The highest BCUT2D eigenvalue weighted by atomic mass is 16.5. The van der Waals surface area contributed by atoms with Crippen LogP contribution in [0.25, 0.3) is 0 Å². The predicted molar refractivity (Wildman–Crippen MR) is 76.9 cm³/mol. The number of hydrogen-bond donors (Lipinski definition) is 3. The molecule has 1 aromatic heterocycles. The van der Waals surface area contributed by atoms with Crippen LogP contribution in [-0.2, 0) is 0 Å². The van der Waals surface area contributed by atoms with Gasteiger partial charge in [0.2, 0.25) is 5.95 Å². The summed E-state index contributed by atoms with van der Waals surface area (Å²) in [6, 6.07) is 8.35. The average molecular weight is 273 g/mol. The van der Waals surface area contributed by atoms with Gasteiger partial charge in [0.15, 0.2) is 0 Å². The molecule has 0 aliphatic carbocycles. The molecule has 7 nitrogen and oxygen atoms in total. The second-order valence-corrected chi connectivity index (χ2v) is 3.94. The zero-order valence-electron chi connectivity index (χ0n) is 11.2. The summed E-state index contributed by atoms with van der Waals surface area (Å²) in [6.45, 7) is 0. The highest BCUT2D eigenvalue weighted by Gasteiger charge is 2.10.